The minimum Gasteiger partial charge on any atom is -0.494 e. The van der Waals surface area contributed by atoms with Crippen LogP contribution in [-0.2, 0) is 10.0 Å². The second-order valence-electron chi connectivity index (χ2n) is 6.17. The summed E-state index contributed by atoms with van der Waals surface area (Å²) < 4.78 is 33.0. The van der Waals surface area contributed by atoms with E-state index >= 15 is 0 Å². The van der Waals surface area contributed by atoms with Gasteiger partial charge in [-0.3, -0.25) is 4.72 Å². The zero-order chi connectivity index (χ0) is 21.6. The van der Waals surface area contributed by atoms with Crippen LogP contribution in [0.5, 0.6) is 5.75 Å². The largest absolute Gasteiger partial charge is 0.494 e. The summed E-state index contributed by atoms with van der Waals surface area (Å²) in [7, 11) is -3.71. The summed E-state index contributed by atoms with van der Waals surface area (Å²) in [5.41, 5.74) is 1.90. The first kappa shape index (κ1) is 21.9. The second-order valence-corrected chi connectivity index (χ2v) is 8.70. The molecule has 9 heteroatoms. The van der Waals surface area contributed by atoms with E-state index in [0.29, 0.717) is 28.1 Å². The van der Waals surface area contributed by atoms with E-state index in [9.17, 15) is 8.42 Å². The molecule has 0 aliphatic heterocycles. The quantitative estimate of drug-likeness (QED) is 0.412. The van der Waals surface area contributed by atoms with Crippen molar-refractivity contribution >= 4 is 56.0 Å². The van der Waals surface area contributed by atoms with E-state index in [-0.39, 0.29) is 4.90 Å². The second kappa shape index (κ2) is 9.80. The Labute approximate surface area is 186 Å². The maximum atomic E-state index is 12.5. The molecule has 3 rings (SSSR count). The van der Waals surface area contributed by atoms with Crippen LogP contribution in [0.2, 0.25) is 5.02 Å². The first-order chi connectivity index (χ1) is 14.4. The van der Waals surface area contributed by atoms with Crippen molar-refractivity contribution in [3.05, 3.63) is 77.8 Å². The van der Waals surface area contributed by atoms with Crippen LogP contribution < -0.4 is 20.1 Å². The maximum Gasteiger partial charge on any atom is 0.261 e. The van der Waals surface area contributed by atoms with Gasteiger partial charge in [0.05, 0.1) is 11.5 Å². The molecule has 3 N–H and O–H groups in total. The van der Waals surface area contributed by atoms with Crippen molar-refractivity contribution in [2.24, 2.45) is 0 Å². The lowest BCUT2D eigenvalue weighted by Gasteiger charge is -2.12. The minimum atomic E-state index is -3.71. The normalized spacial score (nSPS) is 10.9. The van der Waals surface area contributed by atoms with Gasteiger partial charge in [0.1, 0.15) is 5.75 Å². The molecule has 156 valence electrons. The summed E-state index contributed by atoms with van der Waals surface area (Å²) >= 11 is 11.1. The van der Waals surface area contributed by atoms with Gasteiger partial charge in [0, 0.05) is 22.1 Å². The molecule has 0 aliphatic carbocycles. The third kappa shape index (κ3) is 6.09. The van der Waals surface area contributed by atoms with E-state index in [4.69, 9.17) is 28.6 Å². The summed E-state index contributed by atoms with van der Waals surface area (Å²) in [5.74, 6) is 0.783. The van der Waals surface area contributed by atoms with Crippen LogP contribution in [0.25, 0.3) is 0 Å². The predicted octanol–water partition coefficient (Wildman–Crippen LogP) is 5.35. The van der Waals surface area contributed by atoms with Crippen molar-refractivity contribution in [1.29, 1.82) is 0 Å². The number of nitrogens with one attached hydrogen (secondary N) is 3. The molecule has 0 radical (unpaired) electrons. The molecule has 3 aromatic rings. The van der Waals surface area contributed by atoms with Crippen LogP contribution in [0.3, 0.4) is 0 Å². The van der Waals surface area contributed by atoms with Crippen LogP contribution in [-0.4, -0.2) is 20.1 Å². The van der Waals surface area contributed by atoms with Gasteiger partial charge >= 0.3 is 0 Å². The Morgan fingerprint density at radius 3 is 1.90 bits per heavy atom. The van der Waals surface area contributed by atoms with Gasteiger partial charge in [-0.1, -0.05) is 11.6 Å². The van der Waals surface area contributed by atoms with Crippen molar-refractivity contribution in [2.45, 2.75) is 11.8 Å². The first-order valence-corrected chi connectivity index (χ1v) is 11.3. The molecule has 0 atom stereocenters. The highest BCUT2D eigenvalue weighted by molar-refractivity contribution is 7.92. The van der Waals surface area contributed by atoms with Gasteiger partial charge in [0.25, 0.3) is 10.0 Å². The molecule has 0 amide bonds. The van der Waals surface area contributed by atoms with Crippen LogP contribution in [0, 0.1) is 0 Å². The summed E-state index contributed by atoms with van der Waals surface area (Å²) in [6.45, 7) is 2.53. The topological polar surface area (TPSA) is 79.5 Å². The molecule has 0 spiro atoms. The van der Waals surface area contributed by atoms with Crippen molar-refractivity contribution in [1.82, 2.24) is 0 Å². The van der Waals surface area contributed by atoms with Crippen LogP contribution in [0.15, 0.2) is 77.7 Å². The van der Waals surface area contributed by atoms with E-state index in [1.165, 1.54) is 12.1 Å². The summed E-state index contributed by atoms with van der Waals surface area (Å²) in [6.07, 6.45) is 0. The predicted molar refractivity (Wildman–Crippen MR) is 126 cm³/mol. The molecule has 0 aliphatic rings. The minimum absolute atomic E-state index is 0.133. The fourth-order valence-electron chi connectivity index (χ4n) is 2.54. The number of ether oxygens (including phenoxy) is 1. The average molecular weight is 462 g/mol. The molecule has 0 heterocycles. The molecule has 0 fully saturated rings. The van der Waals surface area contributed by atoms with Gasteiger partial charge in [-0.25, -0.2) is 8.42 Å². The zero-order valence-electron chi connectivity index (χ0n) is 16.1. The third-order valence-electron chi connectivity index (χ3n) is 3.94. The molecule has 0 aromatic heterocycles. The maximum absolute atomic E-state index is 12.5. The van der Waals surface area contributed by atoms with Gasteiger partial charge < -0.3 is 15.4 Å². The van der Waals surface area contributed by atoms with Crippen molar-refractivity contribution in [3.63, 3.8) is 0 Å². The van der Waals surface area contributed by atoms with E-state index in [0.717, 1.165) is 11.4 Å². The number of halogens is 1. The lowest BCUT2D eigenvalue weighted by Crippen LogP contribution is -2.19. The first-order valence-electron chi connectivity index (χ1n) is 9.05. The van der Waals surface area contributed by atoms with Crippen LogP contribution in [0.4, 0.5) is 17.1 Å². The smallest absolute Gasteiger partial charge is 0.261 e. The standard InChI is InChI=1S/C21H20ClN3O3S2/c1-2-28-19-11-7-16(8-12-19)23-21(29)24-17-9-13-20(14-10-17)30(26,27)25-18-5-3-15(22)4-6-18/h3-14,25H,2H2,1H3,(H2,23,24,29). The van der Waals surface area contributed by atoms with Gasteiger partial charge in [-0.2, -0.15) is 0 Å². The van der Waals surface area contributed by atoms with Crippen LogP contribution in [0.1, 0.15) is 6.92 Å². The lowest BCUT2D eigenvalue weighted by atomic mass is 10.3. The molecule has 6 nitrogen and oxygen atoms in total. The van der Waals surface area contributed by atoms with Crippen LogP contribution >= 0.6 is 23.8 Å². The Balaban J connectivity index is 1.60. The molecule has 30 heavy (non-hydrogen) atoms. The van der Waals surface area contributed by atoms with Crippen molar-refractivity contribution in [2.75, 3.05) is 22.0 Å². The number of sulfonamides is 1. The number of hydrogen-bond donors (Lipinski definition) is 3. The van der Waals surface area contributed by atoms with E-state index < -0.39 is 10.0 Å². The molecular weight excluding hydrogens is 442 g/mol. The number of anilines is 3. The average Bonchev–Trinajstić information content (AvgIpc) is 2.72. The summed E-state index contributed by atoms with van der Waals surface area (Å²) in [5, 5.41) is 7.00. The number of benzene rings is 3. The van der Waals surface area contributed by atoms with Crippen molar-refractivity contribution in [3.8, 4) is 5.75 Å². The number of hydrogen-bond acceptors (Lipinski definition) is 4. The fraction of sp³-hybridized carbons (Fsp3) is 0.0952. The summed E-state index contributed by atoms with van der Waals surface area (Å²) in [6, 6.07) is 20.1. The SMILES string of the molecule is CCOc1ccc(NC(=S)Nc2ccc(S(=O)(=O)Nc3ccc(Cl)cc3)cc2)cc1. The Bertz CT molecular complexity index is 1100. The monoisotopic (exact) mass is 461 g/mol. The molecular formula is C21H20ClN3O3S2. The van der Waals surface area contributed by atoms with E-state index in [2.05, 4.69) is 15.4 Å². The van der Waals surface area contributed by atoms with E-state index in [1.54, 1.807) is 36.4 Å². The molecule has 0 saturated carbocycles. The fourth-order valence-corrected chi connectivity index (χ4v) is 3.96. The molecule has 0 bridgehead atoms. The van der Waals surface area contributed by atoms with Gasteiger partial charge in [-0.15, -0.1) is 0 Å². The molecule has 0 saturated heterocycles. The Kier molecular flexibility index (Phi) is 7.15. The number of rotatable bonds is 7. The van der Waals surface area contributed by atoms with E-state index in [1.807, 2.05) is 31.2 Å². The Hall–Kier alpha value is -2.81. The highest BCUT2D eigenvalue weighted by atomic mass is 35.5. The lowest BCUT2D eigenvalue weighted by molar-refractivity contribution is 0.340. The highest BCUT2D eigenvalue weighted by Crippen LogP contribution is 2.20. The van der Waals surface area contributed by atoms with Gasteiger partial charge in [-0.05, 0) is 91.9 Å². The highest BCUT2D eigenvalue weighted by Gasteiger charge is 2.14. The zero-order valence-corrected chi connectivity index (χ0v) is 18.4. The molecule has 3 aromatic carbocycles. The Morgan fingerprint density at radius 1 is 0.867 bits per heavy atom. The Morgan fingerprint density at radius 2 is 1.37 bits per heavy atom. The number of thiocarbonyl (C=S) groups is 1. The van der Waals surface area contributed by atoms with Gasteiger partial charge in [0.2, 0.25) is 0 Å². The van der Waals surface area contributed by atoms with Crippen molar-refractivity contribution < 1.29 is 13.2 Å². The third-order valence-corrected chi connectivity index (χ3v) is 5.80. The van der Waals surface area contributed by atoms with Gasteiger partial charge in [0.15, 0.2) is 5.11 Å². The molecule has 0 unspecified atom stereocenters. The summed E-state index contributed by atoms with van der Waals surface area (Å²) in [4.78, 5) is 0.133.